The lowest BCUT2D eigenvalue weighted by atomic mass is 11.2. The van der Waals surface area contributed by atoms with Gasteiger partial charge in [-0.05, 0) is 0 Å². The molecule has 0 fully saturated rings. The van der Waals surface area contributed by atoms with E-state index in [-0.39, 0.29) is 16.4 Å². The fraction of sp³-hybridized carbons (Fsp3) is 0. The molecule has 0 aromatic carbocycles. The van der Waals surface area contributed by atoms with Gasteiger partial charge in [0.2, 0.25) is 0 Å². The third kappa shape index (κ3) is 0.774. The van der Waals surface area contributed by atoms with E-state index in [9.17, 15) is 4.21 Å². The van der Waals surface area contributed by atoms with Gasteiger partial charge in [-0.25, -0.2) is 9.20 Å². The van der Waals surface area contributed by atoms with Crippen LogP contribution in [-0.2, 0) is 11.3 Å². The highest BCUT2D eigenvalue weighted by molar-refractivity contribution is 7.66. The number of azo groups is 1. The van der Waals surface area contributed by atoms with Crippen LogP contribution in [0.25, 0.3) is 0 Å². The standard InChI is InChI=1S/C2HN3OS/c6-7-2-3-1-4-5-2/h1H. The van der Waals surface area contributed by atoms with E-state index in [0.29, 0.717) is 0 Å². The van der Waals surface area contributed by atoms with Gasteiger partial charge >= 0.3 is 0 Å². The summed E-state index contributed by atoms with van der Waals surface area (Å²) in [6.45, 7) is 0. The molecular weight excluding hydrogens is 114 g/mol. The molecule has 0 saturated heterocycles. The molecule has 0 spiro atoms. The molecule has 0 saturated carbocycles. The van der Waals surface area contributed by atoms with Crippen LogP contribution in [0.5, 0.6) is 0 Å². The summed E-state index contributed by atoms with van der Waals surface area (Å²) in [5.41, 5.74) is 0. The van der Waals surface area contributed by atoms with Gasteiger partial charge in [0.1, 0.15) is 17.6 Å². The van der Waals surface area contributed by atoms with E-state index in [2.05, 4.69) is 15.2 Å². The molecule has 0 atom stereocenters. The Labute approximate surface area is 43.1 Å². The number of nitrogens with zero attached hydrogens (tertiary/aromatic N) is 3. The summed E-state index contributed by atoms with van der Waals surface area (Å²) >= 11 is 0.241. The molecule has 1 rings (SSSR count). The second kappa shape index (κ2) is 1.74. The number of aliphatic imine (C=N–C) groups is 1. The Morgan fingerprint density at radius 3 is 2.86 bits per heavy atom. The van der Waals surface area contributed by atoms with Crippen LogP contribution >= 0.6 is 0 Å². The lowest BCUT2D eigenvalue weighted by Gasteiger charge is -1.63. The van der Waals surface area contributed by atoms with E-state index in [1.807, 2.05) is 0 Å². The topological polar surface area (TPSA) is 54.1 Å². The van der Waals surface area contributed by atoms with E-state index in [4.69, 9.17) is 0 Å². The van der Waals surface area contributed by atoms with Gasteiger partial charge in [-0.15, -0.1) is 10.2 Å². The predicted molar refractivity (Wildman–Crippen MR) is 26.5 cm³/mol. The van der Waals surface area contributed by atoms with Crippen molar-refractivity contribution in [3.8, 4) is 0 Å². The largest absolute Gasteiger partial charge is 0.270 e. The summed E-state index contributed by atoms with van der Waals surface area (Å²) in [6.07, 6.45) is 1.24. The molecule has 0 aliphatic carbocycles. The zero-order chi connectivity index (χ0) is 5.11. The van der Waals surface area contributed by atoms with Gasteiger partial charge in [-0.3, -0.25) is 0 Å². The Morgan fingerprint density at radius 2 is 2.57 bits per heavy atom. The highest BCUT2D eigenvalue weighted by Gasteiger charge is 1.92. The van der Waals surface area contributed by atoms with Crippen LogP contribution in [0.15, 0.2) is 15.2 Å². The molecule has 5 heteroatoms. The Hall–Kier alpha value is -0.840. The highest BCUT2D eigenvalue weighted by atomic mass is 32.1. The molecule has 1 aliphatic heterocycles. The van der Waals surface area contributed by atoms with E-state index >= 15 is 0 Å². The molecule has 0 N–H and O–H groups in total. The second-order valence-electron chi connectivity index (χ2n) is 0.826. The Bertz CT molecular complexity index is 163. The minimum absolute atomic E-state index is 0.181. The van der Waals surface area contributed by atoms with Crippen molar-refractivity contribution >= 4 is 22.7 Å². The SMILES string of the molecule is O=S=C1N=CN=N1. The first-order valence-corrected chi connectivity index (χ1v) is 2.28. The molecule has 0 amide bonds. The molecule has 0 radical (unpaired) electrons. The van der Waals surface area contributed by atoms with Gasteiger partial charge in [0.15, 0.2) is 0 Å². The van der Waals surface area contributed by atoms with E-state index < -0.39 is 0 Å². The average Bonchev–Trinajstić information content (AvgIpc) is 2.14. The van der Waals surface area contributed by atoms with Crippen molar-refractivity contribution in [3.05, 3.63) is 0 Å². The second-order valence-corrected chi connectivity index (χ2v) is 1.36. The summed E-state index contributed by atoms with van der Waals surface area (Å²) in [6, 6.07) is 0. The maximum atomic E-state index is 9.74. The lowest BCUT2D eigenvalue weighted by molar-refractivity contribution is 0.700. The van der Waals surface area contributed by atoms with Crippen LogP contribution < -0.4 is 0 Å². The van der Waals surface area contributed by atoms with E-state index in [0.717, 1.165) is 0 Å². The Kier molecular flexibility index (Phi) is 1.08. The highest BCUT2D eigenvalue weighted by Crippen LogP contribution is 1.85. The van der Waals surface area contributed by atoms with Gasteiger partial charge in [-0.1, -0.05) is 0 Å². The maximum absolute atomic E-state index is 9.74. The van der Waals surface area contributed by atoms with Crippen LogP contribution in [0.1, 0.15) is 0 Å². The first-order chi connectivity index (χ1) is 3.43. The number of hydrogen-bond acceptors (Lipinski definition) is 2. The smallest absolute Gasteiger partial charge is 0.208 e. The summed E-state index contributed by atoms with van der Waals surface area (Å²) in [5.74, 6) is 0. The molecular formula is C2HN3OS. The van der Waals surface area contributed by atoms with Crippen LogP contribution in [0.2, 0.25) is 0 Å². The van der Waals surface area contributed by atoms with E-state index in [1.54, 1.807) is 0 Å². The molecule has 4 nitrogen and oxygen atoms in total. The molecule has 0 unspecified atom stereocenters. The van der Waals surface area contributed by atoms with Crippen LogP contribution in [0.4, 0.5) is 0 Å². The minimum atomic E-state index is 0.181. The predicted octanol–water partition coefficient (Wildman–Crippen LogP) is -0.219. The summed E-state index contributed by atoms with van der Waals surface area (Å²) in [4.78, 5) is 3.46. The minimum Gasteiger partial charge on any atom is -0.208 e. The Balaban J connectivity index is 3.00. The molecule has 0 aromatic heterocycles. The van der Waals surface area contributed by atoms with E-state index in [1.165, 1.54) is 6.34 Å². The number of rotatable bonds is 0. The van der Waals surface area contributed by atoms with Gasteiger partial charge < -0.3 is 0 Å². The zero-order valence-corrected chi connectivity index (χ0v) is 4.05. The van der Waals surface area contributed by atoms with Crippen molar-refractivity contribution < 1.29 is 4.21 Å². The van der Waals surface area contributed by atoms with Crippen LogP contribution in [0, 0.1) is 0 Å². The molecule has 36 valence electrons. The van der Waals surface area contributed by atoms with Crippen LogP contribution in [0.3, 0.4) is 0 Å². The van der Waals surface area contributed by atoms with Crippen molar-refractivity contribution in [3.63, 3.8) is 0 Å². The lowest BCUT2D eigenvalue weighted by Crippen LogP contribution is -1.77. The Morgan fingerprint density at radius 1 is 1.71 bits per heavy atom. The summed E-state index contributed by atoms with van der Waals surface area (Å²) in [7, 11) is 0. The normalized spacial score (nSPS) is 15.7. The third-order valence-corrected chi connectivity index (χ3v) is 0.774. The maximum Gasteiger partial charge on any atom is 0.270 e. The quantitative estimate of drug-likeness (QED) is 0.403. The molecule has 0 bridgehead atoms. The van der Waals surface area contributed by atoms with Crippen molar-refractivity contribution in [2.75, 3.05) is 0 Å². The van der Waals surface area contributed by atoms with Gasteiger partial charge in [0.25, 0.3) is 5.11 Å². The monoisotopic (exact) mass is 115 g/mol. The first-order valence-electron chi connectivity index (χ1n) is 1.53. The van der Waals surface area contributed by atoms with Crippen LogP contribution in [-0.4, -0.2) is 15.7 Å². The number of hydrogen-bond donors (Lipinski definition) is 0. The molecule has 1 heterocycles. The third-order valence-electron chi connectivity index (χ3n) is 0.438. The fourth-order valence-corrected chi connectivity index (χ4v) is 0.385. The zero-order valence-electron chi connectivity index (χ0n) is 3.24. The van der Waals surface area contributed by atoms with Crippen molar-refractivity contribution in [2.24, 2.45) is 15.2 Å². The van der Waals surface area contributed by atoms with Gasteiger partial charge in [0.05, 0.1) is 0 Å². The van der Waals surface area contributed by atoms with Crippen molar-refractivity contribution in [1.29, 1.82) is 0 Å². The average molecular weight is 115 g/mol. The molecule has 0 aromatic rings. The van der Waals surface area contributed by atoms with Crippen molar-refractivity contribution in [1.82, 2.24) is 0 Å². The van der Waals surface area contributed by atoms with Gasteiger partial charge in [0, 0.05) is 0 Å². The first kappa shape index (κ1) is 4.32. The molecule has 1 aliphatic rings. The van der Waals surface area contributed by atoms with Gasteiger partial charge in [-0.2, -0.15) is 0 Å². The summed E-state index contributed by atoms with van der Waals surface area (Å²) in [5, 5.41) is 6.82. The van der Waals surface area contributed by atoms with Crippen molar-refractivity contribution in [2.45, 2.75) is 0 Å². The fourth-order valence-electron chi connectivity index (χ4n) is 0.214. The molecule has 7 heavy (non-hydrogen) atoms. The summed E-state index contributed by atoms with van der Waals surface area (Å²) < 4.78 is 9.74.